The normalized spacial score (nSPS) is 13.4. The molecule has 7 nitrogen and oxygen atoms in total. The summed E-state index contributed by atoms with van der Waals surface area (Å²) in [5, 5.41) is 6.84. The summed E-state index contributed by atoms with van der Waals surface area (Å²) in [5.41, 5.74) is 2.39. The van der Waals surface area contributed by atoms with E-state index >= 15 is 0 Å². The molecule has 168 valence electrons. The van der Waals surface area contributed by atoms with Crippen molar-refractivity contribution in [3.05, 3.63) is 64.9 Å². The van der Waals surface area contributed by atoms with Crippen molar-refractivity contribution in [3.63, 3.8) is 0 Å². The summed E-state index contributed by atoms with van der Waals surface area (Å²) in [6.07, 6.45) is 4.22. The van der Waals surface area contributed by atoms with Crippen LogP contribution in [-0.4, -0.2) is 40.1 Å². The van der Waals surface area contributed by atoms with E-state index < -0.39 is 11.6 Å². The van der Waals surface area contributed by atoms with Crippen molar-refractivity contribution in [2.75, 3.05) is 35.7 Å². The Bertz CT molecular complexity index is 1350. The van der Waals surface area contributed by atoms with Crippen LogP contribution in [0, 0.1) is 11.6 Å². The molecule has 0 amide bonds. The zero-order valence-corrected chi connectivity index (χ0v) is 18.5. The first-order valence-electron chi connectivity index (χ1n) is 10.5. The third kappa shape index (κ3) is 4.11. The summed E-state index contributed by atoms with van der Waals surface area (Å²) in [6.45, 7) is 1.36. The van der Waals surface area contributed by atoms with Crippen molar-refractivity contribution >= 4 is 40.1 Å². The standard InChI is InChI=1S/C23H20ClF2N7/c1-27-23-30-10-14-9-13(3-6-18(14)32-23)19-11-29-21-22(31-19)33(8-2-7-28-21)12-15-16(25)4-5-17(26)20(15)24/h3-6,9-11H,2,7-8,12H2,1H3,(H,28,29)(H,27,30,32). The molecule has 0 fully saturated rings. The molecule has 2 N–H and O–H groups in total. The highest BCUT2D eigenvalue weighted by Crippen LogP contribution is 2.32. The van der Waals surface area contributed by atoms with E-state index in [1.54, 1.807) is 19.4 Å². The molecule has 10 heteroatoms. The highest BCUT2D eigenvalue weighted by atomic mass is 35.5. The predicted octanol–water partition coefficient (Wildman–Crippen LogP) is 4.88. The van der Waals surface area contributed by atoms with Crippen LogP contribution >= 0.6 is 11.6 Å². The minimum atomic E-state index is -0.652. The van der Waals surface area contributed by atoms with Gasteiger partial charge in [-0.15, -0.1) is 0 Å². The molecular weight excluding hydrogens is 448 g/mol. The Labute approximate surface area is 193 Å². The fraction of sp³-hybridized carbons (Fsp3) is 0.217. The van der Waals surface area contributed by atoms with Crippen LogP contribution in [0.15, 0.2) is 42.7 Å². The lowest BCUT2D eigenvalue weighted by atomic mass is 10.1. The highest BCUT2D eigenvalue weighted by Gasteiger charge is 2.22. The maximum Gasteiger partial charge on any atom is 0.222 e. The largest absolute Gasteiger partial charge is 0.367 e. The van der Waals surface area contributed by atoms with E-state index in [-0.39, 0.29) is 17.1 Å². The van der Waals surface area contributed by atoms with Crippen LogP contribution < -0.4 is 15.5 Å². The van der Waals surface area contributed by atoms with Crippen molar-refractivity contribution in [2.45, 2.75) is 13.0 Å². The van der Waals surface area contributed by atoms with Gasteiger partial charge in [-0.1, -0.05) is 17.7 Å². The third-order valence-corrected chi connectivity index (χ3v) is 5.95. The number of hydrogen-bond donors (Lipinski definition) is 2. The lowest BCUT2D eigenvalue weighted by molar-refractivity contribution is 0.580. The molecule has 0 atom stereocenters. The Morgan fingerprint density at radius 1 is 1.09 bits per heavy atom. The molecular formula is C23H20ClF2N7. The van der Waals surface area contributed by atoms with Crippen molar-refractivity contribution in [3.8, 4) is 11.3 Å². The molecule has 5 rings (SSSR count). The molecule has 0 saturated heterocycles. The molecule has 1 aliphatic rings. The number of nitrogens with one attached hydrogen (secondary N) is 2. The van der Waals surface area contributed by atoms with Gasteiger partial charge in [0.15, 0.2) is 11.6 Å². The van der Waals surface area contributed by atoms with Gasteiger partial charge in [0.05, 0.1) is 22.4 Å². The molecule has 0 aliphatic carbocycles. The first kappa shape index (κ1) is 21.3. The quantitative estimate of drug-likeness (QED) is 0.414. The van der Waals surface area contributed by atoms with E-state index in [0.29, 0.717) is 36.4 Å². The first-order valence-corrected chi connectivity index (χ1v) is 10.8. The number of anilines is 3. The van der Waals surface area contributed by atoms with Crippen LogP contribution in [0.4, 0.5) is 26.4 Å². The maximum absolute atomic E-state index is 14.5. The van der Waals surface area contributed by atoms with Crippen LogP contribution in [0.1, 0.15) is 12.0 Å². The van der Waals surface area contributed by atoms with E-state index in [4.69, 9.17) is 16.6 Å². The van der Waals surface area contributed by atoms with Gasteiger partial charge in [0, 0.05) is 49.4 Å². The second-order valence-electron chi connectivity index (χ2n) is 7.67. The fourth-order valence-electron chi connectivity index (χ4n) is 3.82. The Kier molecular flexibility index (Phi) is 5.63. The molecule has 2 aromatic heterocycles. The van der Waals surface area contributed by atoms with Crippen molar-refractivity contribution in [1.82, 2.24) is 19.9 Å². The van der Waals surface area contributed by atoms with E-state index in [2.05, 4.69) is 25.6 Å². The molecule has 0 unspecified atom stereocenters. The van der Waals surface area contributed by atoms with Gasteiger partial charge in [-0.3, -0.25) is 0 Å². The minimum absolute atomic E-state index is 0.0770. The number of hydrogen-bond acceptors (Lipinski definition) is 7. The van der Waals surface area contributed by atoms with Gasteiger partial charge < -0.3 is 15.5 Å². The Balaban J connectivity index is 1.54. The molecule has 2 aromatic carbocycles. The molecule has 0 bridgehead atoms. The van der Waals surface area contributed by atoms with Gasteiger partial charge >= 0.3 is 0 Å². The van der Waals surface area contributed by atoms with Crippen LogP contribution in [-0.2, 0) is 6.54 Å². The van der Waals surface area contributed by atoms with Crippen LogP contribution in [0.3, 0.4) is 0 Å². The smallest absolute Gasteiger partial charge is 0.222 e. The van der Waals surface area contributed by atoms with E-state index in [1.165, 1.54) is 0 Å². The zero-order valence-electron chi connectivity index (χ0n) is 17.7. The average Bonchev–Trinajstić information content (AvgIpc) is 3.05. The van der Waals surface area contributed by atoms with Crippen LogP contribution in [0.5, 0.6) is 0 Å². The predicted molar refractivity (Wildman–Crippen MR) is 126 cm³/mol. The topological polar surface area (TPSA) is 78.9 Å². The Morgan fingerprint density at radius 2 is 1.94 bits per heavy atom. The number of aromatic nitrogens is 4. The van der Waals surface area contributed by atoms with Crippen molar-refractivity contribution in [1.29, 1.82) is 0 Å². The van der Waals surface area contributed by atoms with Crippen LogP contribution in [0.2, 0.25) is 5.02 Å². The lowest BCUT2D eigenvalue weighted by Gasteiger charge is -2.24. The second kappa shape index (κ2) is 8.74. The number of fused-ring (bicyclic) bond motifs is 2. The first-order chi connectivity index (χ1) is 16.0. The highest BCUT2D eigenvalue weighted by molar-refractivity contribution is 6.31. The second-order valence-corrected chi connectivity index (χ2v) is 8.05. The molecule has 0 radical (unpaired) electrons. The summed E-state index contributed by atoms with van der Waals surface area (Å²) in [5.74, 6) is 0.490. The number of rotatable bonds is 4. The van der Waals surface area contributed by atoms with Gasteiger partial charge in [-0.05, 0) is 30.7 Å². The monoisotopic (exact) mass is 467 g/mol. The zero-order chi connectivity index (χ0) is 22.9. The Hall–Kier alpha value is -3.59. The third-order valence-electron chi connectivity index (χ3n) is 5.54. The van der Waals surface area contributed by atoms with Gasteiger partial charge in [0.1, 0.15) is 11.6 Å². The molecule has 0 spiro atoms. The van der Waals surface area contributed by atoms with Crippen molar-refractivity contribution in [2.24, 2.45) is 0 Å². The number of nitrogens with zero attached hydrogens (tertiary/aromatic N) is 5. The van der Waals surface area contributed by atoms with Crippen LogP contribution in [0.25, 0.3) is 22.2 Å². The van der Waals surface area contributed by atoms with Gasteiger partial charge in [0.25, 0.3) is 0 Å². The molecule has 33 heavy (non-hydrogen) atoms. The molecule has 3 heterocycles. The summed E-state index contributed by atoms with van der Waals surface area (Å²) in [7, 11) is 1.77. The summed E-state index contributed by atoms with van der Waals surface area (Å²) in [4.78, 5) is 20.0. The van der Waals surface area contributed by atoms with E-state index in [1.807, 2.05) is 23.1 Å². The Morgan fingerprint density at radius 3 is 2.79 bits per heavy atom. The fourth-order valence-corrected chi connectivity index (χ4v) is 4.03. The van der Waals surface area contributed by atoms with Crippen molar-refractivity contribution < 1.29 is 8.78 Å². The minimum Gasteiger partial charge on any atom is -0.367 e. The summed E-state index contributed by atoms with van der Waals surface area (Å²) < 4.78 is 28.4. The molecule has 1 aliphatic heterocycles. The molecule has 0 saturated carbocycles. The number of benzene rings is 2. The van der Waals surface area contributed by atoms with Gasteiger partial charge in [-0.2, -0.15) is 0 Å². The lowest BCUT2D eigenvalue weighted by Crippen LogP contribution is -2.25. The summed E-state index contributed by atoms with van der Waals surface area (Å²) >= 11 is 6.08. The summed E-state index contributed by atoms with van der Waals surface area (Å²) in [6, 6.07) is 7.89. The van der Waals surface area contributed by atoms with E-state index in [0.717, 1.165) is 35.0 Å². The van der Waals surface area contributed by atoms with Gasteiger partial charge in [-0.25, -0.2) is 28.7 Å². The molecule has 4 aromatic rings. The SMILES string of the molecule is CNc1ncc2cc(-c3cnc4c(n3)N(Cc3c(F)ccc(F)c3Cl)CCCN4)ccc2n1. The van der Waals surface area contributed by atoms with E-state index in [9.17, 15) is 8.78 Å². The maximum atomic E-state index is 14.5. The number of halogens is 3. The van der Waals surface area contributed by atoms with Gasteiger partial charge in [0.2, 0.25) is 5.95 Å². The average molecular weight is 468 g/mol.